The number of hydrogen-bond donors (Lipinski definition) is 0. The molecule has 0 aliphatic carbocycles. The summed E-state index contributed by atoms with van der Waals surface area (Å²) in [5, 5.41) is 0. The molecule has 3 nitrogen and oxygen atoms in total. The van der Waals surface area contributed by atoms with Gasteiger partial charge in [-0.2, -0.15) is 0 Å². The summed E-state index contributed by atoms with van der Waals surface area (Å²) in [7, 11) is 0. The minimum Gasteiger partial charge on any atom is -0.269 e. The highest BCUT2D eigenvalue weighted by molar-refractivity contribution is 5.35. The molecular formula is C12H16N2O. The summed E-state index contributed by atoms with van der Waals surface area (Å²) >= 11 is 0. The Morgan fingerprint density at radius 2 is 1.87 bits per heavy atom. The standard InChI is InChI=1S/C8H6N2O.C4H10/c11-8-4-5-9-7-3-1-2-6-10(7)8;1-4(2)3/h1-6H;4H,1-3H3. The van der Waals surface area contributed by atoms with Crippen molar-refractivity contribution in [2.24, 2.45) is 5.92 Å². The van der Waals surface area contributed by atoms with Gasteiger partial charge in [0.15, 0.2) is 0 Å². The SMILES string of the molecule is CC(C)C.O=c1ccnc2ccccn12. The van der Waals surface area contributed by atoms with E-state index < -0.39 is 0 Å². The average Bonchev–Trinajstić information content (AvgIpc) is 2.18. The summed E-state index contributed by atoms with van der Waals surface area (Å²) in [4.78, 5) is 15.1. The molecule has 0 amide bonds. The third kappa shape index (κ3) is 3.54. The zero-order chi connectivity index (χ0) is 11.3. The molecule has 0 spiro atoms. The van der Waals surface area contributed by atoms with Gasteiger partial charge in [-0.25, -0.2) is 4.98 Å². The van der Waals surface area contributed by atoms with E-state index >= 15 is 0 Å². The average molecular weight is 204 g/mol. The Morgan fingerprint density at radius 3 is 2.47 bits per heavy atom. The predicted octanol–water partition coefficient (Wildman–Crippen LogP) is 2.36. The van der Waals surface area contributed by atoms with Crippen molar-refractivity contribution >= 4 is 5.65 Å². The molecule has 2 rings (SSSR count). The van der Waals surface area contributed by atoms with Crippen LogP contribution in [0.4, 0.5) is 0 Å². The summed E-state index contributed by atoms with van der Waals surface area (Å²) in [5.41, 5.74) is 0.635. The molecule has 15 heavy (non-hydrogen) atoms. The van der Waals surface area contributed by atoms with Gasteiger partial charge >= 0.3 is 0 Å². The summed E-state index contributed by atoms with van der Waals surface area (Å²) in [6, 6.07) is 6.88. The van der Waals surface area contributed by atoms with Gasteiger partial charge in [0.05, 0.1) is 0 Å². The molecule has 0 radical (unpaired) electrons. The zero-order valence-corrected chi connectivity index (χ0v) is 9.34. The molecule has 2 aromatic rings. The number of pyridine rings is 1. The third-order valence-corrected chi connectivity index (χ3v) is 1.50. The highest BCUT2D eigenvalue weighted by Gasteiger charge is 1.90. The molecule has 0 unspecified atom stereocenters. The van der Waals surface area contributed by atoms with Crippen LogP contribution in [0.3, 0.4) is 0 Å². The maximum atomic E-state index is 11.1. The largest absolute Gasteiger partial charge is 0.269 e. The summed E-state index contributed by atoms with van der Waals surface area (Å²) in [6.07, 6.45) is 3.21. The van der Waals surface area contributed by atoms with Crippen LogP contribution >= 0.6 is 0 Å². The van der Waals surface area contributed by atoms with Gasteiger partial charge in [-0.3, -0.25) is 9.20 Å². The lowest BCUT2D eigenvalue weighted by atomic mass is 10.3. The quantitative estimate of drug-likeness (QED) is 0.660. The number of rotatable bonds is 0. The Labute approximate surface area is 89.4 Å². The van der Waals surface area contributed by atoms with Crippen molar-refractivity contribution in [1.29, 1.82) is 0 Å². The predicted molar refractivity (Wildman–Crippen MR) is 62.0 cm³/mol. The van der Waals surface area contributed by atoms with E-state index in [9.17, 15) is 4.79 Å². The molecule has 2 aromatic heterocycles. The van der Waals surface area contributed by atoms with Crippen LogP contribution in [0.1, 0.15) is 20.8 Å². The number of nitrogens with zero attached hydrogens (tertiary/aromatic N) is 2. The Kier molecular flexibility index (Phi) is 4.03. The van der Waals surface area contributed by atoms with Gasteiger partial charge in [-0.1, -0.05) is 26.8 Å². The molecule has 0 bridgehead atoms. The van der Waals surface area contributed by atoms with Crippen LogP contribution in [0.25, 0.3) is 5.65 Å². The van der Waals surface area contributed by atoms with E-state index in [1.807, 2.05) is 6.07 Å². The van der Waals surface area contributed by atoms with E-state index in [0.717, 1.165) is 5.92 Å². The van der Waals surface area contributed by atoms with Crippen LogP contribution in [0, 0.1) is 5.92 Å². The second kappa shape index (κ2) is 5.29. The lowest BCUT2D eigenvalue weighted by Gasteiger charge is -1.94. The van der Waals surface area contributed by atoms with Crippen molar-refractivity contribution in [3.05, 3.63) is 47.0 Å². The maximum Gasteiger partial charge on any atom is 0.257 e. The Balaban J connectivity index is 0.000000245. The topological polar surface area (TPSA) is 34.4 Å². The van der Waals surface area contributed by atoms with Crippen molar-refractivity contribution in [3.8, 4) is 0 Å². The molecule has 0 saturated carbocycles. The fraction of sp³-hybridized carbons (Fsp3) is 0.333. The molecule has 0 saturated heterocycles. The molecule has 3 heteroatoms. The molecule has 2 heterocycles. The highest BCUT2D eigenvalue weighted by atomic mass is 16.1. The first-order valence-electron chi connectivity index (χ1n) is 5.03. The molecule has 0 aliphatic heterocycles. The number of fused-ring (bicyclic) bond motifs is 1. The van der Waals surface area contributed by atoms with Crippen LogP contribution in [0.15, 0.2) is 41.5 Å². The van der Waals surface area contributed by atoms with E-state index in [2.05, 4.69) is 25.8 Å². The first kappa shape index (κ1) is 11.4. The first-order chi connectivity index (χ1) is 7.11. The van der Waals surface area contributed by atoms with Gasteiger partial charge in [0.2, 0.25) is 0 Å². The molecule has 0 atom stereocenters. The first-order valence-corrected chi connectivity index (χ1v) is 5.03. The van der Waals surface area contributed by atoms with Crippen LogP contribution in [0.5, 0.6) is 0 Å². The maximum absolute atomic E-state index is 11.1. The number of hydrogen-bond acceptors (Lipinski definition) is 2. The molecule has 0 N–H and O–H groups in total. The van der Waals surface area contributed by atoms with Crippen LogP contribution in [0.2, 0.25) is 0 Å². The van der Waals surface area contributed by atoms with Gasteiger partial charge in [0.1, 0.15) is 5.65 Å². The molecule has 80 valence electrons. The second-order valence-corrected chi connectivity index (χ2v) is 3.94. The smallest absolute Gasteiger partial charge is 0.257 e. The Hall–Kier alpha value is -1.64. The summed E-state index contributed by atoms with van der Waals surface area (Å²) < 4.78 is 1.50. The summed E-state index contributed by atoms with van der Waals surface area (Å²) in [5.74, 6) is 0.833. The molecule has 0 aromatic carbocycles. The van der Waals surface area contributed by atoms with Crippen molar-refractivity contribution in [2.75, 3.05) is 0 Å². The van der Waals surface area contributed by atoms with Crippen LogP contribution < -0.4 is 5.56 Å². The molecule has 0 aliphatic rings. The minimum absolute atomic E-state index is 0.0457. The minimum atomic E-state index is -0.0457. The third-order valence-electron chi connectivity index (χ3n) is 1.50. The fourth-order valence-electron chi connectivity index (χ4n) is 0.983. The van der Waals surface area contributed by atoms with E-state index in [-0.39, 0.29) is 5.56 Å². The van der Waals surface area contributed by atoms with Gasteiger partial charge in [0, 0.05) is 18.5 Å². The van der Waals surface area contributed by atoms with Crippen molar-refractivity contribution < 1.29 is 0 Å². The van der Waals surface area contributed by atoms with Gasteiger partial charge < -0.3 is 0 Å². The van der Waals surface area contributed by atoms with E-state index in [0.29, 0.717) is 5.65 Å². The molecular weight excluding hydrogens is 188 g/mol. The second-order valence-electron chi connectivity index (χ2n) is 3.94. The Morgan fingerprint density at radius 1 is 1.20 bits per heavy atom. The van der Waals surface area contributed by atoms with E-state index in [4.69, 9.17) is 0 Å². The monoisotopic (exact) mass is 204 g/mol. The zero-order valence-electron chi connectivity index (χ0n) is 9.34. The van der Waals surface area contributed by atoms with Crippen LogP contribution in [-0.2, 0) is 0 Å². The summed E-state index contributed by atoms with van der Waals surface area (Å²) in [6.45, 7) is 6.50. The van der Waals surface area contributed by atoms with Crippen molar-refractivity contribution in [3.63, 3.8) is 0 Å². The highest BCUT2D eigenvalue weighted by Crippen LogP contribution is 1.92. The van der Waals surface area contributed by atoms with E-state index in [1.165, 1.54) is 16.7 Å². The lowest BCUT2D eigenvalue weighted by Crippen LogP contribution is -2.11. The molecule has 0 fully saturated rings. The van der Waals surface area contributed by atoms with Gasteiger partial charge in [-0.05, 0) is 18.1 Å². The van der Waals surface area contributed by atoms with E-state index in [1.54, 1.807) is 18.3 Å². The normalized spacial score (nSPS) is 9.87. The van der Waals surface area contributed by atoms with Gasteiger partial charge in [0.25, 0.3) is 5.56 Å². The fourth-order valence-corrected chi connectivity index (χ4v) is 0.983. The van der Waals surface area contributed by atoms with Crippen LogP contribution in [-0.4, -0.2) is 9.38 Å². The lowest BCUT2D eigenvalue weighted by molar-refractivity contribution is 0.737. The van der Waals surface area contributed by atoms with Gasteiger partial charge in [-0.15, -0.1) is 0 Å². The van der Waals surface area contributed by atoms with Crippen molar-refractivity contribution in [2.45, 2.75) is 20.8 Å². The Bertz CT molecular complexity index is 466. The van der Waals surface area contributed by atoms with Crippen molar-refractivity contribution in [1.82, 2.24) is 9.38 Å². The number of aromatic nitrogens is 2.